The molecule has 122 valence electrons. The van der Waals surface area contributed by atoms with E-state index in [2.05, 4.69) is 4.99 Å². The van der Waals surface area contributed by atoms with E-state index in [-0.39, 0.29) is 29.4 Å². The largest absolute Gasteiger partial charge is 0.494 e. The van der Waals surface area contributed by atoms with Crippen molar-refractivity contribution in [2.45, 2.75) is 18.6 Å². The zero-order valence-electron chi connectivity index (χ0n) is 12.5. The number of guanidine groups is 1. The average Bonchev–Trinajstić information content (AvgIpc) is 2.74. The predicted molar refractivity (Wildman–Crippen MR) is 89.6 cm³/mol. The summed E-state index contributed by atoms with van der Waals surface area (Å²) in [6.45, 7) is 2.40. The Balaban J connectivity index is 2.12. The molecule has 1 aromatic carbocycles. The molecule has 1 saturated heterocycles. The van der Waals surface area contributed by atoms with E-state index in [1.807, 2.05) is 6.92 Å². The van der Waals surface area contributed by atoms with Crippen molar-refractivity contribution in [1.82, 2.24) is 0 Å². The number of thioether (sulfide) groups is 1. The molecule has 5 N–H and O–H groups in total. The lowest BCUT2D eigenvalue weighted by Gasteiger charge is -2.15. The van der Waals surface area contributed by atoms with Gasteiger partial charge in [-0.05, 0) is 31.2 Å². The Kier molecular flexibility index (Phi) is 5.22. The number of ether oxygens (including phenoxy) is 1. The summed E-state index contributed by atoms with van der Waals surface area (Å²) in [5.74, 6) is -0.313. The van der Waals surface area contributed by atoms with Crippen LogP contribution in [0.1, 0.15) is 13.3 Å². The molecule has 0 unspecified atom stereocenters. The second-order valence-corrected chi connectivity index (χ2v) is 5.84. The fourth-order valence-corrected chi connectivity index (χ4v) is 2.96. The van der Waals surface area contributed by atoms with E-state index < -0.39 is 5.25 Å². The molecule has 1 aliphatic heterocycles. The van der Waals surface area contributed by atoms with E-state index in [0.717, 1.165) is 16.7 Å². The molecular weight excluding hydrogens is 318 g/mol. The monoisotopic (exact) mass is 335 g/mol. The summed E-state index contributed by atoms with van der Waals surface area (Å²) < 4.78 is 5.33. The fraction of sp³-hybridized carbons (Fsp3) is 0.286. The van der Waals surface area contributed by atoms with Gasteiger partial charge in [0, 0.05) is 6.42 Å². The van der Waals surface area contributed by atoms with Gasteiger partial charge in [-0.15, -0.1) is 0 Å². The van der Waals surface area contributed by atoms with E-state index in [4.69, 9.17) is 21.6 Å². The van der Waals surface area contributed by atoms with Crippen molar-refractivity contribution in [3.63, 3.8) is 0 Å². The number of hydrogen-bond donors (Lipinski definition) is 3. The molecule has 0 aromatic heterocycles. The molecule has 1 heterocycles. The van der Waals surface area contributed by atoms with Gasteiger partial charge in [0.05, 0.1) is 12.3 Å². The highest BCUT2D eigenvalue weighted by atomic mass is 32.2. The molecule has 0 aliphatic carbocycles. The number of nitrogens with zero attached hydrogens (tertiary/aromatic N) is 2. The first-order valence-corrected chi connectivity index (χ1v) is 7.74. The summed E-state index contributed by atoms with van der Waals surface area (Å²) in [4.78, 5) is 29.2. The molecule has 0 saturated carbocycles. The number of nitrogens with one attached hydrogen (secondary N) is 1. The van der Waals surface area contributed by atoms with Crippen molar-refractivity contribution in [3.8, 4) is 5.75 Å². The highest BCUT2D eigenvalue weighted by Crippen LogP contribution is 2.31. The zero-order chi connectivity index (χ0) is 17.0. The lowest BCUT2D eigenvalue weighted by atomic mass is 10.3. The first-order chi connectivity index (χ1) is 10.9. The third kappa shape index (κ3) is 4.01. The Bertz CT molecular complexity index is 655. The molecule has 8 nitrogen and oxygen atoms in total. The van der Waals surface area contributed by atoms with Crippen LogP contribution in [0.2, 0.25) is 0 Å². The van der Waals surface area contributed by atoms with Crippen LogP contribution in [0.5, 0.6) is 5.75 Å². The maximum absolute atomic E-state index is 12.4. The molecule has 0 radical (unpaired) electrons. The van der Waals surface area contributed by atoms with Crippen LogP contribution in [-0.4, -0.2) is 34.8 Å². The Labute approximate surface area is 137 Å². The van der Waals surface area contributed by atoms with Gasteiger partial charge in [-0.3, -0.25) is 15.0 Å². The molecule has 1 fully saturated rings. The molecular formula is C14H17N5O3S. The van der Waals surface area contributed by atoms with Gasteiger partial charge in [0.15, 0.2) is 11.1 Å². The summed E-state index contributed by atoms with van der Waals surface area (Å²) in [5.41, 5.74) is 10.8. The van der Waals surface area contributed by atoms with Crippen LogP contribution in [0, 0.1) is 5.41 Å². The molecule has 2 amide bonds. The number of carbonyl (C=O) groups excluding carboxylic acids is 2. The number of amidine groups is 1. The van der Waals surface area contributed by atoms with Crippen molar-refractivity contribution < 1.29 is 14.3 Å². The first-order valence-electron chi connectivity index (χ1n) is 6.87. The maximum atomic E-state index is 12.4. The normalized spacial score (nSPS) is 17.3. The molecule has 9 heteroatoms. The Hall–Kier alpha value is -2.55. The van der Waals surface area contributed by atoms with Gasteiger partial charge in [0.25, 0.3) is 0 Å². The van der Waals surface area contributed by atoms with Gasteiger partial charge < -0.3 is 16.2 Å². The smallest absolute Gasteiger partial charge is 0.247 e. The van der Waals surface area contributed by atoms with E-state index in [0.29, 0.717) is 18.0 Å². The SMILES string of the molecule is CCOc1ccc(N2C(=O)C[C@H](SC(=N)N=C(N)N)C2=O)cc1. The number of aliphatic imine (C=N–C) groups is 1. The Morgan fingerprint density at radius 2 is 2.04 bits per heavy atom. The summed E-state index contributed by atoms with van der Waals surface area (Å²) >= 11 is 0.856. The summed E-state index contributed by atoms with van der Waals surface area (Å²) in [6, 6.07) is 6.69. The molecule has 0 bridgehead atoms. The van der Waals surface area contributed by atoms with Gasteiger partial charge in [-0.2, -0.15) is 4.99 Å². The van der Waals surface area contributed by atoms with Crippen LogP contribution < -0.4 is 21.1 Å². The fourth-order valence-electron chi connectivity index (χ4n) is 2.10. The zero-order valence-corrected chi connectivity index (χ0v) is 13.3. The van der Waals surface area contributed by atoms with Gasteiger partial charge in [-0.25, -0.2) is 4.90 Å². The van der Waals surface area contributed by atoms with Crippen molar-refractivity contribution in [1.29, 1.82) is 5.41 Å². The highest BCUT2D eigenvalue weighted by Gasteiger charge is 2.40. The van der Waals surface area contributed by atoms with E-state index in [1.54, 1.807) is 24.3 Å². The molecule has 1 aromatic rings. The van der Waals surface area contributed by atoms with Gasteiger partial charge in [0.1, 0.15) is 11.0 Å². The average molecular weight is 335 g/mol. The predicted octanol–water partition coefficient (Wildman–Crippen LogP) is 0.659. The maximum Gasteiger partial charge on any atom is 0.247 e. The number of carbonyl (C=O) groups is 2. The van der Waals surface area contributed by atoms with Crippen LogP contribution in [0.15, 0.2) is 29.3 Å². The summed E-state index contributed by atoms with van der Waals surface area (Å²) in [5, 5.41) is 6.69. The summed E-state index contributed by atoms with van der Waals surface area (Å²) in [7, 11) is 0. The first kappa shape index (κ1) is 16.8. The van der Waals surface area contributed by atoms with Gasteiger partial charge in [0.2, 0.25) is 11.8 Å². The third-order valence-corrected chi connectivity index (χ3v) is 3.96. The lowest BCUT2D eigenvalue weighted by Crippen LogP contribution is -2.31. The molecule has 1 aliphatic rings. The lowest BCUT2D eigenvalue weighted by molar-refractivity contribution is -0.121. The van der Waals surface area contributed by atoms with Crippen LogP contribution in [-0.2, 0) is 9.59 Å². The number of imide groups is 1. The number of rotatable bonds is 4. The van der Waals surface area contributed by atoms with Crippen LogP contribution in [0.3, 0.4) is 0 Å². The number of benzene rings is 1. The van der Waals surface area contributed by atoms with Crippen LogP contribution in [0.4, 0.5) is 5.69 Å². The highest BCUT2D eigenvalue weighted by molar-refractivity contribution is 8.14. The van der Waals surface area contributed by atoms with E-state index in [9.17, 15) is 9.59 Å². The Morgan fingerprint density at radius 1 is 1.39 bits per heavy atom. The second-order valence-electron chi connectivity index (χ2n) is 4.65. The van der Waals surface area contributed by atoms with Crippen molar-refractivity contribution in [2.75, 3.05) is 11.5 Å². The quantitative estimate of drug-likeness (QED) is 0.420. The van der Waals surface area contributed by atoms with Crippen molar-refractivity contribution in [3.05, 3.63) is 24.3 Å². The van der Waals surface area contributed by atoms with E-state index in [1.165, 1.54) is 0 Å². The van der Waals surface area contributed by atoms with Gasteiger partial charge in [-0.1, -0.05) is 11.8 Å². The number of hydrogen-bond acceptors (Lipinski definition) is 5. The minimum Gasteiger partial charge on any atom is -0.494 e. The topological polar surface area (TPSA) is 135 Å². The van der Waals surface area contributed by atoms with Crippen molar-refractivity contribution in [2.24, 2.45) is 16.5 Å². The number of anilines is 1. The molecule has 23 heavy (non-hydrogen) atoms. The minimum absolute atomic E-state index is 0.000905. The third-order valence-electron chi connectivity index (χ3n) is 3.00. The molecule has 2 rings (SSSR count). The molecule has 0 spiro atoms. The minimum atomic E-state index is -0.704. The summed E-state index contributed by atoms with van der Waals surface area (Å²) in [6.07, 6.45) is -0.000905. The Morgan fingerprint density at radius 3 is 2.61 bits per heavy atom. The van der Waals surface area contributed by atoms with E-state index >= 15 is 0 Å². The van der Waals surface area contributed by atoms with Gasteiger partial charge >= 0.3 is 0 Å². The standard InChI is InChI=1S/C14H17N5O3S/c1-2-22-9-5-3-8(4-6-9)19-11(20)7-10(12(19)21)23-14(17)18-13(15)16/h3-6,10H,2,7H2,1H3,(H5,15,16,17,18)/t10-/m0/s1. The number of nitrogens with two attached hydrogens (primary N) is 2. The second kappa shape index (κ2) is 7.14. The number of amides is 2. The van der Waals surface area contributed by atoms with Crippen LogP contribution in [0.25, 0.3) is 0 Å². The van der Waals surface area contributed by atoms with Crippen LogP contribution >= 0.6 is 11.8 Å². The van der Waals surface area contributed by atoms with Crippen molar-refractivity contribution >= 4 is 40.4 Å². The molecule has 1 atom stereocenters.